The zero-order chi connectivity index (χ0) is 11.8. The topological polar surface area (TPSA) is 49.3 Å². The maximum absolute atomic E-state index is 10.9. The largest absolute Gasteiger partial charge is 0.386 e. The smallest absolute Gasteiger partial charge is 0.141 e. The minimum absolute atomic E-state index is 0.195. The minimum atomic E-state index is -0.823. The molecular weight excluding hydrogens is 202 g/mol. The van der Waals surface area contributed by atoms with Gasteiger partial charge in [0.1, 0.15) is 6.29 Å². The molecule has 2 rings (SSSR count). The van der Waals surface area contributed by atoms with Crippen molar-refractivity contribution in [3.05, 3.63) is 34.9 Å². The quantitative estimate of drug-likeness (QED) is 0.737. The van der Waals surface area contributed by atoms with E-state index in [1.54, 1.807) is 13.8 Å². The third kappa shape index (κ3) is 2.01. The predicted octanol–water partition coefficient (Wildman–Crippen LogP) is 1.30. The van der Waals surface area contributed by atoms with Crippen molar-refractivity contribution >= 4 is 6.29 Å². The van der Waals surface area contributed by atoms with Crippen molar-refractivity contribution in [2.45, 2.75) is 31.9 Å². The summed E-state index contributed by atoms with van der Waals surface area (Å²) < 4.78 is 0. The summed E-state index contributed by atoms with van der Waals surface area (Å²) in [5.74, 6) is 0. The van der Waals surface area contributed by atoms with Gasteiger partial charge in [-0.3, -0.25) is 0 Å². The number of hydrogen-bond donors (Lipinski definition) is 2. The number of rotatable bonds is 2. The second-order valence-electron chi connectivity index (χ2n) is 4.79. The second kappa shape index (κ2) is 4.00. The monoisotopic (exact) mass is 219 g/mol. The Bertz CT molecular complexity index is 407. The van der Waals surface area contributed by atoms with Crippen molar-refractivity contribution in [2.24, 2.45) is 0 Å². The molecule has 0 spiro atoms. The van der Waals surface area contributed by atoms with Crippen molar-refractivity contribution in [3.63, 3.8) is 0 Å². The van der Waals surface area contributed by atoms with Gasteiger partial charge in [-0.25, -0.2) is 0 Å². The van der Waals surface area contributed by atoms with E-state index < -0.39 is 5.60 Å². The van der Waals surface area contributed by atoms with E-state index in [1.807, 2.05) is 18.2 Å². The molecule has 1 atom stereocenters. The predicted molar refractivity (Wildman–Crippen MR) is 62.2 cm³/mol. The molecule has 0 saturated carbocycles. The Labute approximate surface area is 95.5 Å². The van der Waals surface area contributed by atoms with Crippen LogP contribution in [0.1, 0.15) is 36.6 Å². The lowest BCUT2D eigenvalue weighted by Gasteiger charge is -2.26. The number of carbonyl (C=O) groups is 1. The molecule has 0 aromatic heterocycles. The van der Waals surface area contributed by atoms with E-state index in [9.17, 15) is 9.90 Å². The van der Waals surface area contributed by atoms with Crippen LogP contribution in [0.25, 0.3) is 0 Å². The van der Waals surface area contributed by atoms with E-state index in [4.69, 9.17) is 0 Å². The third-order valence-corrected chi connectivity index (χ3v) is 3.08. The molecule has 0 aliphatic carbocycles. The van der Waals surface area contributed by atoms with Crippen LogP contribution < -0.4 is 5.32 Å². The molecule has 86 valence electrons. The van der Waals surface area contributed by atoms with E-state index >= 15 is 0 Å². The Balaban J connectivity index is 2.43. The lowest BCUT2D eigenvalue weighted by Crippen LogP contribution is -2.31. The summed E-state index contributed by atoms with van der Waals surface area (Å²) in [5.41, 5.74) is 2.28. The van der Waals surface area contributed by atoms with E-state index in [1.165, 1.54) is 0 Å². The molecule has 0 radical (unpaired) electrons. The van der Waals surface area contributed by atoms with Crippen molar-refractivity contribution < 1.29 is 9.90 Å². The average molecular weight is 219 g/mol. The molecule has 1 heterocycles. The summed E-state index contributed by atoms with van der Waals surface area (Å²) in [7, 11) is 0. The molecule has 3 heteroatoms. The molecule has 1 aliphatic heterocycles. The highest BCUT2D eigenvalue weighted by molar-refractivity contribution is 5.63. The van der Waals surface area contributed by atoms with Crippen molar-refractivity contribution in [1.82, 2.24) is 5.32 Å². The molecule has 16 heavy (non-hydrogen) atoms. The van der Waals surface area contributed by atoms with Crippen LogP contribution in [0, 0.1) is 0 Å². The van der Waals surface area contributed by atoms with Gasteiger partial charge in [-0.2, -0.15) is 0 Å². The van der Waals surface area contributed by atoms with Gasteiger partial charge in [0.15, 0.2) is 0 Å². The maximum atomic E-state index is 10.9. The number of benzene rings is 1. The summed E-state index contributed by atoms with van der Waals surface area (Å²) in [6, 6.07) is 5.64. The number of carbonyl (C=O) groups excluding carboxylic acids is 1. The lowest BCUT2D eigenvalue weighted by atomic mass is 9.89. The van der Waals surface area contributed by atoms with Gasteiger partial charge < -0.3 is 15.2 Å². The second-order valence-corrected chi connectivity index (χ2v) is 4.79. The van der Waals surface area contributed by atoms with Crippen molar-refractivity contribution in [3.8, 4) is 0 Å². The number of fused-ring (bicyclic) bond motifs is 1. The van der Waals surface area contributed by atoms with E-state index in [0.29, 0.717) is 0 Å². The van der Waals surface area contributed by atoms with Crippen LogP contribution >= 0.6 is 0 Å². The zero-order valence-corrected chi connectivity index (χ0v) is 9.66. The van der Waals surface area contributed by atoms with Crippen molar-refractivity contribution in [2.75, 3.05) is 6.54 Å². The molecular formula is C13H17NO2. The summed E-state index contributed by atoms with van der Waals surface area (Å²) >= 11 is 0. The van der Waals surface area contributed by atoms with E-state index in [2.05, 4.69) is 5.32 Å². The molecule has 1 aromatic rings. The first-order chi connectivity index (χ1) is 7.52. The van der Waals surface area contributed by atoms with E-state index in [0.717, 1.165) is 35.9 Å². The lowest BCUT2D eigenvalue weighted by molar-refractivity contribution is -0.109. The highest BCUT2D eigenvalue weighted by atomic mass is 16.3. The Morgan fingerprint density at radius 1 is 1.50 bits per heavy atom. The van der Waals surface area contributed by atoms with Crippen LogP contribution in [0.5, 0.6) is 0 Å². The normalized spacial score (nSPS) is 20.3. The number of hydrogen-bond acceptors (Lipinski definition) is 3. The van der Waals surface area contributed by atoms with Crippen LogP contribution in [-0.2, 0) is 16.8 Å². The average Bonchev–Trinajstić information content (AvgIpc) is 2.26. The molecule has 1 aliphatic rings. The van der Waals surface area contributed by atoms with Gasteiger partial charge in [-0.15, -0.1) is 0 Å². The molecule has 0 saturated heterocycles. The fourth-order valence-electron chi connectivity index (χ4n) is 2.10. The molecule has 0 bridgehead atoms. The fourth-order valence-corrected chi connectivity index (χ4v) is 2.10. The SMILES string of the molecule is CC(C)(O)c1ccc2c(c1)CCNC2C=O. The number of nitrogens with one attached hydrogen (secondary N) is 1. The molecule has 1 unspecified atom stereocenters. The Hall–Kier alpha value is -1.19. The standard InChI is InChI=1S/C13H17NO2/c1-13(2,16)10-3-4-11-9(7-10)5-6-14-12(11)8-15/h3-4,7-8,12,14,16H,5-6H2,1-2H3. The molecule has 3 nitrogen and oxygen atoms in total. The van der Waals surface area contributed by atoms with Gasteiger partial charge >= 0.3 is 0 Å². The first-order valence-corrected chi connectivity index (χ1v) is 5.57. The van der Waals surface area contributed by atoms with Gasteiger partial charge in [0.05, 0.1) is 11.6 Å². The summed E-state index contributed by atoms with van der Waals surface area (Å²) in [6.07, 6.45) is 1.84. The highest BCUT2D eigenvalue weighted by Crippen LogP contribution is 2.27. The first kappa shape index (κ1) is 11.3. The van der Waals surface area contributed by atoms with Gasteiger partial charge in [0.25, 0.3) is 0 Å². The zero-order valence-electron chi connectivity index (χ0n) is 9.66. The fraction of sp³-hybridized carbons (Fsp3) is 0.462. The molecule has 2 N–H and O–H groups in total. The van der Waals surface area contributed by atoms with Gasteiger partial charge in [0, 0.05) is 6.54 Å². The summed E-state index contributed by atoms with van der Waals surface area (Å²) in [6.45, 7) is 4.35. The van der Waals surface area contributed by atoms with Gasteiger partial charge in [-0.1, -0.05) is 18.2 Å². The van der Waals surface area contributed by atoms with Crippen LogP contribution in [0.15, 0.2) is 18.2 Å². The Morgan fingerprint density at radius 2 is 2.25 bits per heavy atom. The van der Waals surface area contributed by atoms with Gasteiger partial charge in [-0.05, 0) is 37.0 Å². The van der Waals surface area contributed by atoms with Crippen LogP contribution in [0.4, 0.5) is 0 Å². The molecule has 1 aromatic carbocycles. The van der Waals surface area contributed by atoms with Crippen LogP contribution in [-0.4, -0.2) is 17.9 Å². The van der Waals surface area contributed by atoms with Crippen molar-refractivity contribution in [1.29, 1.82) is 0 Å². The van der Waals surface area contributed by atoms with Crippen LogP contribution in [0.3, 0.4) is 0 Å². The third-order valence-electron chi connectivity index (χ3n) is 3.08. The minimum Gasteiger partial charge on any atom is -0.386 e. The van der Waals surface area contributed by atoms with Crippen LogP contribution in [0.2, 0.25) is 0 Å². The number of aldehydes is 1. The highest BCUT2D eigenvalue weighted by Gasteiger charge is 2.22. The molecule has 0 fully saturated rings. The molecule has 0 amide bonds. The van der Waals surface area contributed by atoms with Gasteiger partial charge in [0.2, 0.25) is 0 Å². The number of aliphatic hydroxyl groups is 1. The summed E-state index contributed by atoms with van der Waals surface area (Å²) in [5, 5.41) is 13.1. The van der Waals surface area contributed by atoms with E-state index in [-0.39, 0.29) is 6.04 Å². The first-order valence-electron chi connectivity index (χ1n) is 5.57. The summed E-state index contributed by atoms with van der Waals surface area (Å²) in [4.78, 5) is 10.9. The Kier molecular flexibility index (Phi) is 2.82. The Morgan fingerprint density at radius 3 is 2.88 bits per heavy atom. The maximum Gasteiger partial charge on any atom is 0.141 e.